The Labute approximate surface area is 112 Å². The molecule has 18 heavy (non-hydrogen) atoms. The first-order valence-electron chi connectivity index (χ1n) is 7.23. The molecular weight excluding hydrogens is 224 g/mol. The molecule has 1 unspecified atom stereocenters. The number of rotatable bonds is 10. The first-order chi connectivity index (χ1) is 8.77. The third-order valence-electron chi connectivity index (χ3n) is 3.50. The van der Waals surface area contributed by atoms with Gasteiger partial charge in [0.2, 0.25) is 0 Å². The summed E-state index contributed by atoms with van der Waals surface area (Å²) in [6, 6.07) is 2.70. The van der Waals surface area contributed by atoms with Gasteiger partial charge >= 0.3 is 0 Å². The number of furan rings is 1. The molecule has 0 saturated carbocycles. The monoisotopic (exact) mass is 252 g/mol. The molecule has 0 aliphatic heterocycles. The van der Waals surface area contributed by atoms with E-state index in [1.165, 1.54) is 31.4 Å². The predicted octanol–water partition coefficient (Wildman–Crippen LogP) is 3.27. The second-order valence-corrected chi connectivity index (χ2v) is 4.96. The lowest BCUT2D eigenvalue weighted by Gasteiger charge is -2.28. The van der Waals surface area contributed by atoms with Gasteiger partial charge in [0, 0.05) is 31.2 Å². The molecule has 0 bridgehead atoms. The van der Waals surface area contributed by atoms with Gasteiger partial charge in [-0.1, -0.05) is 20.3 Å². The number of unbranched alkanes of at least 4 members (excludes halogenated alkanes) is 1. The van der Waals surface area contributed by atoms with Gasteiger partial charge in [0.25, 0.3) is 0 Å². The van der Waals surface area contributed by atoms with Gasteiger partial charge < -0.3 is 9.73 Å². The molecule has 0 spiro atoms. The quantitative estimate of drug-likeness (QED) is 0.648. The average Bonchev–Trinajstić information content (AvgIpc) is 2.90. The average molecular weight is 252 g/mol. The van der Waals surface area contributed by atoms with E-state index in [2.05, 4.69) is 31.0 Å². The van der Waals surface area contributed by atoms with Crippen LogP contribution in [0.3, 0.4) is 0 Å². The van der Waals surface area contributed by atoms with Crippen LogP contribution < -0.4 is 5.32 Å². The molecular formula is C15H28N2O. The molecule has 1 aromatic heterocycles. The Morgan fingerprint density at radius 1 is 1.33 bits per heavy atom. The number of hydrogen-bond donors (Lipinski definition) is 1. The minimum absolute atomic E-state index is 0.687. The molecule has 1 atom stereocenters. The van der Waals surface area contributed by atoms with Gasteiger partial charge in [0.05, 0.1) is 12.5 Å². The maximum Gasteiger partial charge on any atom is 0.0947 e. The Kier molecular flexibility index (Phi) is 7.78. The van der Waals surface area contributed by atoms with E-state index >= 15 is 0 Å². The summed E-state index contributed by atoms with van der Waals surface area (Å²) in [6.45, 7) is 11.1. The molecule has 0 radical (unpaired) electrons. The molecule has 0 amide bonds. The van der Waals surface area contributed by atoms with Gasteiger partial charge in [0.15, 0.2) is 0 Å². The summed E-state index contributed by atoms with van der Waals surface area (Å²) >= 11 is 0. The largest absolute Gasteiger partial charge is 0.472 e. The molecule has 104 valence electrons. The summed E-state index contributed by atoms with van der Waals surface area (Å²) in [5, 5.41) is 3.47. The molecule has 0 fully saturated rings. The number of hydrogen-bond acceptors (Lipinski definition) is 3. The van der Waals surface area contributed by atoms with Crippen molar-refractivity contribution in [3.05, 3.63) is 24.2 Å². The van der Waals surface area contributed by atoms with E-state index in [-0.39, 0.29) is 0 Å². The zero-order valence-electron chi connectivity index (χ0n) is 12.1. The van der Waals surface area contributed by atoms with Crippen molar-refractivity contribution in [2.24, 2.45) is 0 Å². The Balaban J connectivity index is 2.19. The van der Waals surface area contributed by atoms with Crippen LogP contribution in [0.15, 0.2) is 23.0 Å². The third-order valence-corrected chi connectivity index (χ3v) is 3.50. The number of nitrogens with one attached hydrogen (secondary N) is 1. The van der Waals surface area contributed by atoms with Crippen LogP contribution in [0.2, 0.25) is 0 Å². The van der Waals surface area contributed by atoms with Gasteiger partial charge in [-0.25, -0.2) is 0 Å². The van der Waals surface area contributed by atoms with Crippen LogP contribution in [0.25, 0.3) is 0 Å². The van der Waals surface area contributed by atoms with Gasteiger partial charge in [-0.2, -0.15) is 0 Å². The van der Waals surface area contributed by atoms with Crippen LogP contribution in [-0.2, 0) is 6.54 Å². The second-order valence-electron chi connectivity index (χ2n) is 4.96. The summed E-state index contributed by atoms with van der Waals surface area (Å²) in [5.74, 6) is 0. The van der Waals surface area contributed by atoms with Crippen molar-refractivity contribution in [1.29, 1.82) is 0 Å². The lowest BCUT2D eigenvalue weighted by atomic mass is 10.2. The summed E-state index contributed by atoms with van der Waals surface area (Å²) in [4.78, 5) is 2.59. The minimum atomic E-state index is 0.687. The zero-order valence-corrected chi connectivity index (χ0v) is 12.1. The van der Waals surface area contributed by atoms with Gasteiger partial charge in [0.1, 0.15) is 0 Å². The van der Waals surface area contributed by atoms with E-state index in [9.17, 15) is 0 Å². The smallest absolute Gasteiger partial charge is 0.0947 e. The fraction of sp³-hybridized carbons (Fsp3) is 0.733. The van der Waals surface area contributed by atoms with Gasteiger partial charge in [-0.05, 0) is 32.4 Å². The Bertz CT molecular complexity index is 285. The van der Waals surface area contributed by atoms with Crippen molar-refractivity contribution in [3.63, 3.8) is 0 Å². The SMILES string of the molecule is CCCCN(CCNCc1ccoc1)C(C)CC. The van der Waals surface area contributed by atoms with Crippen molar-refractivity contribution in [2.75, 3.05) is 19.6 Å². The maximum atomic E-state index is 5.05. The highest BCUT2D eigenvalue weighted by atomic mass is 16.3. The minimum Gasteiger partial charge on any atom is -0.472 e. The lowest BCUT2D eigenvalue weighted by molar-refractivity contribution is 0.201. The molecule has 3 nitrogen and oxygen atoms in total. The molecule has 1 heterocycles. The standard InChI is InChI=1S/C15H28N2O/c1-4-6-9-17(14(3)5-2)10-8-16-12-15-7-11-18-13-15/h7,11,13-14,16H,4-6,8-10,12H2,1-3H3. The van der Waals surface area contributed by atoms with Crippen LogP contribution in [0.4, 0.5) is 0 Å². The first kappa shape index (κ1) is 15.3. The van der Waals surface area contributed by atoms with Gasteiger partial charge in [-0.3, -0.25) is 4.90 Å². The Morgan fingerprint density at radius 3 is 2.78 bits per heavy atom. The Morgan fingerprint density at radius 2 is 2.17 bits per heavy atom. The predicted molar refractivity (Wildman–Crippen MR) is 76.6 cm³/mol. The number of nitrogens with zero attached hydrogens (tertiary/aromatic N) is 1. The molecule has 0 aliphatic carbocycles. The molecule has 3 heteroatoms. The van der Waals surface area contributed by atoms with Crippen molar-refractivity contribution < 1.29 is 4.42 Å². The van der Waals surface area contributed by atoms with Crippen molar-refractivity contribution in [1.82, 2.24) is 10.2 Å². The van der Waals surface area contributed by atoms with Gasteiger partial charge in [-0.15, -0.1) is 0 Å². The molecule has 1 aromatic rings. The molecule has 0 saturated heterocycles. The van der Waals surface area contributed by atoms with E-state index in [4.69, 9.17) is 4.42 Å². The van der Waals surface area contributed by atoms with E-state index in [0.29, 0.717) is 6.04 Å². The fourth-order valence-electron chi connectivity index (χ4n) is 2.02. The highest BCUT2D eigenvalue weighted by Gasteiger charge is 2.10. The summed E-state index contributed by atoms with van der Waals surface area (Å²) < 4.78 is 5.05. The zero-order chi connectivity index (χ0) is 13.2. The van der Waals surface area contributed by atoms with E-state index in [1.807, 2.05) is 6.07 Å². The van der Waals surface area contributed by atoms with E-state index in [1.54, 1.807) is 12.5 Å². The van der Waals surface area contributed by atoms with Crippen LogP contribution in [0.1, 0.15) is 45.6 Å². The highest BCUT2D eigenvalue weighted by Crippen LogP contribution is 2.05. The second kappa shape index (κ2) is 9.17. The lowest BCUT2D eigenvalue weighted by Crippen LogP contribution is -2.38. The summed E-state index contributed by atoms with van der Waals surface area (Å²) in [7, 11) is 0. The summed E-state index contributed by atoms with van der Waals surface area (Å²) in [5.41, 5.74) is 1.22. The van der Waals surface area contributed by atoms with Crippen molar-refractivity contribution in [2.45, 2.75) is 52.6 Å². The first-order valence-corrected chi connectivity index (χ1v) is 7.23. The van der Waals surface area contributed by atoms with Crippen LogP contribution >= 0.6 is 0 Å². The van der Waals surface area contributed by atoms with Crippen LogP contribution in [0, 0.1) is 0 Å². The van der Waals surface area contributed by atoms with E-state index < -0.39 is 0 Å². The topological polar surface area (TPSA) is 28.4 Å². The fourth-order valence-corrected chi connectivity index (χ4v) is 2.02. The van der Waals surface area contributed by atoms with Crippen molar-refractivity contribution in [3.8, 4) is 0 Å². The third kappa shape index (κ3) is 5.69. The summed E-state index contributed by atoms with van der Waals surface area (Å²) in [6.07, 6.45) is 7.33. The normalized spacial score (nSPS) is 13.1. The molecule has 0 aliphatic rings. The maximum absolute atomic E-state index is 5.05. The highest BCUT2D eigenvalue weighted by molar-refractivity contribution is 5.04. The molecule has 1 N–H and O–H groups in total. The van der Waals surface area contributed by atoms with E-state index in [0.717, 1.165) is 19.6 Å². The molecule has 1 rings (SSSR count). The van der Waals surface area contributed by atoms with Crippen LogP contribution in [0.5, 0.6) is 0 Å². The molecule has 0 aromatic carbocycles. The Hall–Kier alpha value is -0.800. The van der Waals surface area contributed by atoms with Crippen molar-refractivity contribution >= 4 is 0 Å². The van der Waals surface area contributed by atoms with Crippen LogP contribution in [-0.4, -0.2) is 30.6 Å².